The molecule has 2 atom stereocenters. The van der Waals surface area contributed by atoms with Crippen LogP contribution in [0.3, 0.4) is 0 Å². The molecule has 0 bridgehead atoms. The molecule has 5 heteroatoms. The minimum Gasteiger partial charge on any atom is -0.379 e. The third-order valence-corrected chi connectivity index (χ3v) is 5.28. The molecule has 2 aliphatic rings. The van der Waals surface area contributed by atoms with Crippen LogP contribution in [0.2, 0.25) is 0 Å². The van der Waals surface area contributed by atoms with Gasteiger partial charge >= 0.3 is 0 Å². The normalized spacial score (nSPS) is 33.3. The van der Waals surface area contributed by atoms with E-state index in [1.165, 1.54) is 6.92 Å². The Bertz CT molecular complexity index is 408. The molecule has 1 spiro atoms. The van der Waals surface area contributed by atoms with Gasteiger partial charge in [0.15, 0.2) is 5.79 Å². The predicted octanol–water partition coefficient (Wildman–Crippen LogP) is 2.56. The Hall–Kier alpha value is -0.490. The van der Waals surface area contributed by atoms with Crippen molar-refractivity contribution in [3.63, 3.8) is 0 Å². The molecule has 2 fully saturated rings. The van der Waals surface area contributed by atoms with E-state index in [1.807, 2.05) is 0 Å². The van der Waals surface area contributed by atoms with Gasteiger partial charge in [0.1, 0.15) is 12.0 Å². The van der Waals surface area contributed by atoms with E-state index in [4.69, 9.17) is 9.47 Å². The molecule has 2 rings (SSSR count). The smallest absolute Gasteiger partial charge is 0.168 e. The van der Waals surface area contributed by atoms with Crippen molar-refractivity contribution in [2.75, 3.05) is 19.7 Å². The molecule has 0 radical (unpaired) electrons. The van der Waals surface area contributed by atoms with Gasteiger partial charge in [-0.05, 0) is 38.0 Å². The molecule has 0 aromatic heterocycles. The Kier molecular flexibility index (Phi) is 5.88. The van der Waals surface area contributed by atoms with Crippen LogP contribution < -0.4 is 0 Å². The van der Waals surface area contributed by atoms with Crippen molar-refractivity contribution in [1.29, 1.82) is 0 Å². The van der Waals surface area contributed by atoms with E-state index in [0.717, 1.165) is 25.7 Å². The lowest BCUT2D eigenvalue weighted by Gasteiger charge is -2.41. The predicted molar refractivity (Wildman–Crippen MR) is 88.9 cm³/mol. The van der Waals surface area contributed by atoms with E-state index in [-0.39, 0.29) is 18.4 Å². The number of carbonyl (C=O) groups is 1. The Morgan fingerprint density at radius 2 is 1.96 bits per heavy atom. The number of Topliss-reactive ketones (excluding diaryl/α,β-unsaturated/α-hetero) is 1. The summed E-state index contributed by atoms with van der Waals surface area (Å²) in [4.78, 5) is 13.1. The first-order chi connectivity index (χ1) is 10.6. The second kappa shape index (κ2) is 7.18. The summed E-state index contributed by atoms with van der Waals surface area (Å²) in [5.74, 6) is 0.323. The summed E-state index contributed by atoms with van der Waals surface area (Å²) in [5, 5.41) is 9.82. The SMILES string of the molecule is CC(=O)CN(CC1COC2(CCC(C(C)(C)C)CC2)O1)C(C)O. The van der Waals surface area contributed by atoms with E-state index in [9.17, 15) is 9.90 Å². The monoisotopic (exact) mass is 327 g/mol. The van der Waals surface area contributed by atoms with Crippen molar-refractivity contribution in [1.82, 2.24) is 4.90 Å². The molecule has 1 saturated heterocycles. The molecular formula is C18H33NO4. The number of ether oxygens (including phenoxy) is 2. The van der Waals surface area contributed by atoms with E-state index < -0.39 is 12.0 Å². The fourth-order valence-electron chi connectivity index (χ4n) is 3.79. The zero-order valence-electron chi connectivity index (χ0n) is 15.3. The summed E-state index contributed by atoms with van der Waals surface area (Å²) < 4.78 is 12.3. The Labute approximate surface area is 140 Å². The fourth-order valence-corrected chi connectivity index (χ4v) is 3.79. The van der Waals surface area contributed by atoms with Crippen LogP contribution in [0, 0.1) is 11.3 Å². The van der Waals surface area contributed by atoms with Crippen LogP contribution in [0.15, 0.2) is 0 Å². The third-order valence-electron chi connectivity index (χ3n) is 5.28. The molecular weight excluding hydrogens is 294 g/mol. The number of hydrogen-bond donors (Lipinski definition) is 1. The number of ketones is 1. The van der Waals surface area contributed by atoms with Crippen molar-refractivity contribution in [2.24, 2.45) is 11.3 Å². The molecule has 1 N–H and O–H groups in total. The Morgan fingerprint density at radius 3 is 2.43 bits per heavy atom. The molecule has 134 valence electrons. The maximum Gasteiger partial charge on any atom is 0.168 e. The van der Waals surface area contributed by atoms with Crippen LogP contribution in [-0.2, 0) is 14.3 Å². The third kappa shape index (κ3) is 4.99. The van der Waals surface area contributed by atoms with Crippen molar-refractivity contribution in [3.05, 3.63) is 0 Å². The molecule has 1 heterocycles. The standard InChI is InChI=1S/C18H33NO4/c1-13(20)10-19(14(2)21)11-16-12-22-18(23-16)8-6-15(7-9-18)17(3,4)5/h14-16,21H,6-12H2,1-5H3. The quantitative estimate of drug-likeness (QED) is 0.787. The molecule has 5 nitrogen and oxygen atoms in total. The lowest BCUT2D eigenvalue weighted by Crippen LogP contribution is -2.44. The van der Waals surface area contributed by atoms with Crippen LogP contribution in [0.25, 0.3) is 0 Å². The first-order valence-electron chi connectivity index (χ1n) is 8.85. The first-order valence-corrected chi connectivity index (χ1v) is 8.85. The number of hydrogen-bond acceptors (Lipinski definition) is 5. The van der Waals surface area contributed by atoms with Gasteiger partial charge in [-0.15, -0.1) is 0 Å². The van der Waals surface area contributed by atoms with Crippen molar-refractivity contribution < 1.29 is 19.4 Å². The molecule has 1 aliphatic heterocycles. The molecule has 23 heavy (non-hydrogen) atoms. The Balaban J connectivity index is 1.87. The van der Waals surface area contributed by atoms with E-state index in [0.29, 0.717) is 24.5 Å². The highest BCUT2D eigenvalue weighted by Gasteiger charge is 2.46. The minimum absolute atomic E-state index is 0.0465. The second-order valence-electron chi connectivity index (χ2n) is 8.37. The van der Waals surface area contributed by atoms with Crippen LogP contribution in [0.1, 0.15) is 60.3 Å². The number of nitrogens with zero attached hydrogens (tertiary/aromatic N) is 1. The highest BCUT2D eigenvalue weighted by Crippen LogP contribution is 2.45. The maximum atomic E-state index is 11.3. The highest BCUT2D eigenvalue weighted by atomic mass is 16.7. The average molecular weight is 327 g/mol. The Morgan fingerprint density at radius 1 is 1.35 bits per heavy atom. The summed E-state index contributed by atoms with van der Waals surface area (Å²) in [6.45, 7) is 11.4. The van der Waals surface area contributed by atoms with Crippen LogP contribution in [0.5, 0.6) is 0 Å². The molecule has 0 aromatic rings. The summed E-state index contributed by atoms with van der Waals surface area (Å²) in [7, 11) is 0. The van der Waals surface area contributed by atoms with Gasteiger partial charge < -0.3 is 14.6 Å². The molecule has 2 unspecified atom stereocenters. The van der Waals surface area contributed by atoms with Crippen LogP contribution in [-0.4, -0.2) is 53.6 Å². The van der Waals surface area contributed by atoms with Crippen LogP contribution >= 0.6 is 0 Å². The summed E-state index contributed by atoms with van der Waals surface area (Å²) in [5.41, 5.74) is 0.338. The maximum absolute atomic E-state index is 11.3. The number of carbonyl (C=O) groups excluding carboxylic acids is 1. The van der Waals surface area contributed by atoms with Crippen molar-refractivity contribution in [2.45, 2.75) is 78.4 Å². The zero-order valence-corrected chi connectivity index (χ0v) is 15.3. The van der Waals surface area contributed by atoms with Gasteiger partial charge in [-0.1, -0.05) is 20.8 Å². The fraction of sp³-hybridized carbons (Fsp3) is 0.944. The number of aliphatic hydroxyl groups is 1. The second-order valence-corrected chi connectivity index (χ2v) is 8.37. The van der Waals surface area contributed by atoms with Gasteiger partial charge in [0.2, 0.25) is 0 Å². The van der Waals surface area contributed by atoms with Crippen molar-refractivity contribution in [3.8, 4) is 0 Å². The lowest BCUT2D eigenvalue weighted by molar-refractivity contribution is -0.199. The zero-order chi connectivity index (χ0) is 17.3. The number of aliphatic hydroxyl groups excluding tert-OH is 1. The molecule has 0 amide bonds. The van der Waals surface area contributed by atoms with Gasteiger partial charge in [-0.3, -0.25) is 9.69 Å². The first kappa shape index (κ1) is 18.8. The van der Waals surface area contributed by atoms with Crippen LogP contribution in [0.4, 0.5) is 0 Å². The lowest BCUT2D eigenvalue weighted by atomic mass is 9.71. The van der Waals surface area contributed by atoms with E-state index in [1.54, 1.807) is 11.8 Å². The molecule has 1 aliphatic carbocycles. The van der Waals surface area contributed by atoms with Gasteiger partial charge in [0.05, 0.1) is 19.3 Å². The molecule has 1 saturated carbocycles. The van der Waals surface area contributed by atoms with Gasteiger partial charge in [-0.2, -0.15) is 0 Å². The minimum atomic E-state index is -0.657. The van der Waals surface area contributed by atoms with Crippen molar-refractivity contribution >= 4 is 5.78 Å². The molecule has 0 aromatic carbocycles. The van der Waals surface area contributed by atoms with Gasteiger partial charge in [0, 0.05) is 19.4 Å². The topological polar surface area (TPSA) is 59.0 Å². The summed E-state index contributed by atoms with van der Waals surface area (Å²) in [6.07, 6.45) is 3.40. The average Bonchev–Trinajstić information content (AvgIpc) is 2.79. The summed E-state index contributed by atoms with van der Waals surface area (Å²) >= 11 is 0. The van der Waals surface area contributed by atoms with Gasteiger partial charge in [-0.25, -0.2) is 0 Å². The largest absolute Gasteiger partial charge is 0.379 e. The number of rotatable bonds is 5. The highest BCUT2D eigenvalue weighted by molar-refractivity contribution is 5.77. The van der Waals surface area contributed by atoms with E-state index >= 15 is 0 Å². The van der Waals surface area contributed by atoms with E-state index in [2.05, 4.69) is 20.8 Å². The summed E-state index contributed by atoms with van der Waals surface area (Å²) in [6, 6.07) is 0. The van der Waals surface area contributed by atoms with Gasteiger partial charge in [0.25, 0.3) is 0 Å².